The summed E-state index contributed by atoms with van der Waals surface area (Å²) in [4.78, 5) is 29.1. The zero-order valence-electron chi connectivity index (χ0n) is 18.1. The molecule has 3 rings (SSSR count). The number of carbonyl (C=O) groups is 1. The third kappa shape index (κ3) is 4.87. The first-order chi connectivity index (χ1) is 15.3. The zero-order chi connectivity index (χ0) is 23.4. The second kappa shape index (κ2) is 10.0. The van der Waals surface area contributed by atoms with Gasteiger partial charge in [0.15, 0.2) is 0 Å². The third-order valence-electron chi connectivity index (χ3n) is 5.33. The van der Waals surface area contributed by atoms with E-state index < -0.39 is 17.4 Å². The summed E-state index contributed by atoms with van der Waals surface area (Å²) in [6.45, 7) is 4.07. The van der Waals surface area contributed by atoms with Crippen LogP contribution in [0.15, 0.2) is 41.3 Å². The number of aliphatic hydroxyl groups is 1. The minimum atomic E-state index is -1.34. The number of halogens is 1. The number of methoxy groups -OCH3 is 1. The summed E-state index contributed by atoms with van der Waals surface area (Å²) in [6.07, 6.45) is 1.91. The fraction of sp³-hybridized carbons (Fsp3) is 0.348. The van der Waals surface area contributed by atoms with Crippen LogP contribution in [-0.4, -0.2) is 46.0 Å². The summed E-state index contributed by atoms with van der Waals surface area (Å²) < 4.78 is 6.98. The summed E-state index contributed by atoms with van der Waals surface area (Å²) >= 11 is 6.03. The molecule has 0 aliphatic rings. The van der Waals surface area contributed by atoms with Crippen molar-refractivity contribution in [3.8, 4) is 5.88 Å². The molecule has 0 fully saturated rings. The number of hydrogen-bond donors (Lipinski definition) is 3. The minimum absolute atomic E-state index is 0.0318. The van der Waals surface area contributed by atoms with E-state index in [-0.39, 0.29) is 35.0 Å². The van der Waals surface area contributed by atoms with Crippen molar-refractivity contribution in [2.45, 2.75) is 26.3 Å². The number of rotatable bonds is 9. The second-order valence-electron chi connectivity index (χ2n) is 7.80. The largest absolute Gasteiger partial charge is 0.479 e. The lowest BCUT2D eigenvalue weighted by molar-refractivity contribution is 0.0694. The van der Waals surface area contributed by atoms with E-state index in [9.17, 15) is 19.8 Å². The Bertz CT molecular complexity index is 1190. The molecule has 9 heteroatoms. The monoisotopic (exact) mass is 459 g/mol. The van der Waals surface area contributed by atoms with Crippen molar-refractivity contribution in [2.75, 3.05) is 25.6 Å². The molecule has 0 radical (unpaired) electrons. The summed E-state index contributed by atoms with van der Waals surface area (Å²) in [6, 6.07) is 8.60. The van der Waals surface area contributed by atoms with E-state index >= 15 is 0 Å². The molecule has 2 aromatic heterocycles. The van der Waals surface area contributed by atoms with Gasteiger partial charge < -0.3 is 24.8 Å². The van der Waals surface area contributed by atoms with E-state index in [1.54, 1.807) is 16.7 Å². The number of benzene rings is 1. The van der Waals surface area contributed by atoms with Crippen molar-refractivity contribution < 1.29 is 19.7 Å². The van der Waals surface area contributed by atoms with Crippen molar-refractivity contribution >= 4 is 34.3 Å². The highest BCUT2D eigenvalue weighted by Gasteiger charge is 2.23. The van der Waals surface area contributed by atoms with Crippen molar-refractivity contribution in [2.24, 2.45) is 5.92 Å². The number of carboxylic acids is 1. The van der Waals surface area contributed by atoms with Crippen LogP contribution in [0.4, 0.5) is 5.69 Å². The molecule has 170 valence electrons. The summed E-state index contributed by atoms with van der Waals surface area (Å²) in [5.41, 5.74) is 0.741. The van der Waals surface area contributed by atoms with Crippen molar-refractivity contribution in [3.63, 3.8) is 0 Å². The molecule has 1 atom stereocenters. The molecule has 0 aliphatic carbocycles. The number of pyridine rings is 2. The number of nitrogens with one attached hydrogen (secondary N) is 1. The molecule has 0 unspecified atom stereocenters. The van der Waals surface area contributed by atoms with Gasteiger partial charge in [-0.25, -0.2) is 4.79 Å². The van der Waals surface area contributed by atoms with Crippen LogP contribution in [0.5, 0.6) is 5.88 Å². The van der Waals surface area contributed by atoms with Gasteiger partial charge >= 0.3 is 5.97 Å². The Balaban J connectivity index is 2.08. The predicted octanol–water partition coefficient (Wildman–Crippen LogP) is 3.60. The second-order valence-corrected chi connectivity index (χ2v) is 8.24. The van der Waals surface area contributed by atoms with E-state index in [1.807, 2.05) is 32.0 Å². The van der Waals surface area contributed by atoms with Crippen molar-refractivity contribution in [1.29, 1.82) is 0 Å². The highest BCUT2D eigenvalue weighted by atomic mass is 35.5. The van der Waals surface area contributed by atoms with Crippen LogP contribution >= 0.6 is 11.6 Å². The molecule has 0 saturated heterocycles. The molecule has 0 spiro atoms. The van der Waals surface area contributed by atoms with Crippen molar-refractivity contribution in [3.05, 3.63) is 62.9 Å². The minimum Gasteiger partial charge on any atom is -0.479 e. The molecule has 2 heterocycles. The van der Waals surface area contributed by atoms with Crippen LogP contribution in [0.3, 0.4) is 0 Å². The number of aliphatic hydroxyl groups excluding tert-OH is 1. The Kier molecular flexibility index (Phi) is 7.37. The normalized spacial score (nSPS) is 12.2. The lowest BCUT2D eigenvalue weighted by atomic mass is 10.0. The molecular formula is C23H26ClN3O5. The highest BCUT2D eigenvalue weighted by Crippen LogP contribution is 2.29. The third-order valence-corrected chi connectivity index (χ3v) is 5.56. The first kappa shape index (κ1) is 23.6. The van der Waals surface area contributed by atoms with E-state index in [1.165, 1.54) is 13.3 Å². The number of carboxylic acid groups (broad SMARTS) is 1. The molecule has 8 nitrogen and oxygen atoms in total. The first-order valence-corrected chi connectivity index (χ1v) is 10.6. The van der Waals surface area contributed by atoms with E-state index in [0.717, 1.165) is 5.56 Å². The number of ether oxygens (including phenoxy) is 1. The van der Waals surface area contributed by atoms with Gasteiger partial charge in [-0.05, 0) is 36.1 Å². The number of aromatic carboxylic acids is 1. The van der Waals surface area contributed by atoms with Crippen LogP contribution in [0, 0.1) is 5.92 Å². The molecule has 0 bridgehead atoms. The van der Waals surface area contributed by atoms with Gasteiger partial charge in [0.25, 0.3) is 0 Å². The SMILES string of the molecule is COc1nc2c(cc1NCCc1cccc(Cl)c1)c(=O)c(C(=O)O)cn2[C@H](CO)C(C)C. The van der Waals surface area contributed by atoms with Gasteiger partial charge in [0.1, 0.15) is 11.2 Å². The Morgan fingerprint density at radius 2 is 2.06 bits per heavy atom. The predicted molar refractivity (Wildman–Crippen MR) is 124 cm³/mol. The lowest BCUT2D eigenvalue weighted by Crippen LogP contribution is -2.26. The van der Waals surface area contributed by atoms with Crippen LogP contribution in [-0.2, 0) is 6.42 Å². The maximum Gasteiger partial charge on any atom is 0.341 e. The van der Waals surface area contributed by atoms with Gasteiger partial charge in [-0.2, -0.15) is 4.98 Å². The van der Waals surface area contributed by atoms with Gasteiger partial charge in [0, 0.05) is 17.8 Å². The van der Waals surface area contributed by atoms with E-state index in [0.29, 0.717) is 23.7 Å². The molecule has 0 amide bonds. The van der Waals surface area contributed by atoms with Gasteiger partial charge in [-0.1, -0.05) is 37.6 Å². The van der Waals surface area contributed by atoms with Gasteiger partial charge in [-0.3, -0.25) is 4.79 Å². The van der Waals surface area contributed by atoms with Gasteiger partial charge in [-0.15, -0.1) is 0 Å². The van der Waals surface area contributed by atoms with E-state index in [4.69, 9.17) is 16.3 Å². The van der Waals surface area contributed by atoms with Gasteiger partial charge in [0.05, 0.1) is 30.8 Å². The topological polar surface area (TPSA) is 114 Å². The Hall–Kier alpha value is -3.10. The number of fused-ring (bicyclic) bond motifs is 1. The summed E-state index contributed by atoms with van der Waals surface area (Å²) in [5.74, 6) is -1.10. The number of aromatic nitrogens is 2. The Morgan fingerprint density at radius 1 is 1.31 bits per heavy atom. The number of hydrogen-bond acceptors (Lipinski definition) is 6. The van der Waals surface area contributed by atoms with Crippen LogP contribution in [0.2, 0.25) is 5.02 Å². The van der Waals surface area contributed by atoms with Crippen LogP contribution in [0.25, 0.3) is 11.0 Å². The fourth-order valence-corrected chi connectivity index (χ4v) is 3.81. The molecule has 0 aliphatic heterocycles. The average molecular weight is 460 g/mol. The molecule has 1 aromatic carbocycles. The maximum absolute atomic E-state index is 12.9. The number of anilines is 1. The number of nitrogens with zero attached hydrogens (tertiary/aromatic N) is 2. The molecular weight excluding hydrogens is 434 g/mol. The zero-order valence-corrected chi connectivity index (χ0v) is 18.9. The van der Waals surface area contributed by atoms with Crippen molar-refractivity contribution in [1.82, 2.24) is 9.55 Å². The quantitative estimate of drug-likeness (QED) is 0.448. The fourth-order valence-electron chi connectivity index (χ4n) is 3.60. The molecule has 3 N–H and O–H groups in total. The first-order valence-electron chi connectivity index (χ1n) is 10.2. The summed E-state index contributed by atoms with van der Waals surface area (Å²) in [5, 5.41) is 23.5. The molecule has 0 saturated carbocycles. The molecule has 32 heavy (non-hydrogen) atoms. The summed E-state index contributed by atoms with van der Waals surface area (Å²) in [7, 11) is 1.47. The smallest absolute Gasteiger partial charge is 0.341 e. The van der Waals surface area contributed by atoms with Crippen LogP contribution < -0.4 is 15.5 Å². The van der Waals surface area contributed by atoms with E-state index in [2.05, 4.69) is 10.3 Å². The highest BCUT2D eigenvalue weighted by molar-refractivity contribution is 6.30. The standard InChI is InChI=1S/C23H26ClN3O5/c1-13(2)19(12-28)27-11-17(23(30)31)20(29)16-10-18(22(32-3)26-21(16)27)25-8-7-14-5-4-6-15(24)9-14/h4-6,9-11,13,19,25,28H,7-8,12H2,1-3H3,(H,30,31)/t19-/m1/s1. The average Bonchev–Trinajstić information content (AvgIpc) is 2.75. The Morgan fingerprint density at radius 3 is 2.66 bits per heavy atom. The maximum atomic E-state index is 12.9. The van der Waals surface area contributed by atoms with Gasteiger partial charge in [0.2, 0.25) is 11.3 Å². The van der Waals surface area contributed by atoms with Crippen LogP contribution in [0.1, 0.15) is 35.8 Å². The lowest BCUT2D eigenvalue weighted by Gasteiger charge is -2.24. The Labute approximate surface area is 190 Å². The molecule has 3 aromatic rings.